The molecular weight excluding hydrogens is 264 g/mol. The molecule has 0 aliphatic heterocycles. The van der Waals surface area contributed by atoms with Gasteiger partial charge in [0.05, 0.1) is 7.11 Å². The SMILES string of the molecule is CN=C(NCc1ccnc(OC)c1)NC1CCC(C)CC1. The molecule has 1 heterocycles. The van der Waals surface area contributed by atoms with Gasteiger partial charge in [0.1, 0.15) is 0 Å². The summed E-state index contributed by atoms with van der Waals surface area (Å²) in [4.78, 5) is 8.42. The van der Waals surface area contributed by atoms with Crippen molar-refractivity contribution in [3.63, 3.8) is 0 Å². The lowest BCUT2D eigenvalue weighted by molar-refractivity contribution is 0.329. The minimum absolute atomic E-state index is 0.541. The zero-order valence-corrected chi connectivity index (χ0v) is 13.2. The van der Waals surface area contributed by atoms with E-state index in [1.165, 1.54) is 25.7 Å². The normalized spacial score (nSPS) is 22.7. The maximum Gasteiger partial charge on any atom is 0.213 e. The molecule has 1 aromatic heterocycles. The highest BCUT2D eigenvalue weighted by molar-refractivity contribution is 5.79. The Labute approximate surface area is 127 Å². The van der Waals surface area contributed by atoms with E-state index in [4.69, 9.17) is 4.74 Å². The van der Waals surface area contributed by atoms with Crippen LogP contribution in [-0.4, -0.2) is 31.1 Å². The maximum atomic E-state index is 5.13. The van der Waals surface area contributed by atoms with Gasteiger partial charge < -0.3 is 15.4 Å². The average Bonchev–Trinajstić information content (AvgIpc) is 2.53. The number of nitrogens with one attached hydrogen (secondary N) is 2. The number of nitrogens with zero attached hydrogens (tertiary/aromatic N) is 2. The molecule has 0 saturated heterocycles. The topological polar surface area (TPSA) is 58.5 Å². The molecular formula is C16H26N4O. The van der Waals surface area contributed by atoms with E-state index < -0.39 is 0 Å². The molecule has 2 N–H and O–H groups in total. The first-order valence-corrected chi connectivity index (χ1v) is 7.67. The van der Waals surface area contributed by atoms with E-state index in [-0.39, 0.29) is 0 Å². The zero-order valence-electron chi connectivity index (χ0n) is 13.2. The van der Waals surface area contributed by atoms with Crippen LogP contribution in [0.4, 0.5) is 0 Å². The predicted molar refractivity (Wildman–Crippen MR) is 85.5 cm³/mol. The summed E-state index contributed by atoms with van der Waals surface area (Å²) in [5.74, 6) is 2.37. The van der Waals surface area contributed by atoms with Crippen molar-refractivity contribution in [3.8, 4) is 5.88 Å². The standard InChI is InChI=1S/C16H26N4O/c1-12-4-6-14(7-5-12)20-16(17-2)19-11-13-8-9-18-15(10-13)21-3/h8-10,12,14H,4-7,11H2,1-3H3,(H2,17,19,20). The number of guanidine groups is 1. The average molecular weight is 290 g/mol. The molecule has 1 aliphatic carbocycles. The summed E-state index contributed by atoms with van der Waals surface area (Å²) in [5.41, 5.74) is 1.13. The molecule has 0 aromatic carbocycles. The zero-order chi connectivity index (χ0) is 15.1. The number of ether oxygens (including phenoxy) is 1. The van der Waals surface area contributed by atoms with E-state index in [1.807, 2.05) is 19.2 Å². The monoisotopic (exact) mass is 290 g/mol. The van der Waals surface area contributed by atoms with Crippen molar-refractivity contribution in [3.05, 3.63) is 23.9 Å². The summed E-state index contributed by atoms with van der Waals surface area (Å²) in [7, 11) is 3.44. The quantitative estimate of drug-likeness (QED) is 0.660. The molecule has 0 amide bonds. The van der Waals surface area contributed by atoms with Crippen LogP contribution in [0.15, 0.2) is 23.3 Å². The van der Waals surface area contributed by atoms with Gasteiger partial charge in [-0.25, -0.2) is 4.98 Å². The highest BCUT2D eigenvalue weighted by Gasteiger charge is 2.18. The Hall–Kier alpha value is -1.78. The number of rotatable bonds is 4. The van der Waals surface area contributed by atoms with E-state index in [0.29, 0.717) is 18.5 Å². The smallest absolute Gasteiger partial charge is 0.213 e. The first kappa shape index (κ1) is 15.6. The van der Waals surface area contributed by atoms with Crippen LogP contribution >= 0.6 is 0 Å². The minimum Gasteiger partial charge on any atom is -0.481 e. The van der Waals surface area contributed by atoms with E-state index >= 15 is 0 Å². The summed E-state index contributed by atoms with van der Waals surface area (Å²) < 4.78 is 5.13. The lowest BCUT2D eigenvalue weighted by atomic mass is 9.87. The van der Waals surface area contributed by atoms with E-state index in [9.17, 15) is 0 Å². The summed E-state index contributed by atoms with van der Waals surface area (Å²) in [6.07, 6.45) is 6.82. The Morgan fingerprint density at radius 3 is 2.81 bits per heavy atom. The number of methoxy groups -OCH3 is 1. The van der Waals surface area contributed by atoms with Gasteiger partial charge in [-0.3, -0.25) is 4.99 Å². The third-order valence-corrected chi connectivity index (χ3v) is 4.05. The van der Waals surface area contributed by atoms with Crippen LogP contribution in [0.2, 0.25) is 0 Å². The fourth-order valence-electron chi connectivity index (χ4n) is 2.65. The molecule has 21 heavy (non-hydrogen) atoms. The lowest BCUT2D eigenvalue weighted by Crippen LogP contribution is -2.44. The van der Waals surface area contributed by atoms with Crippen molar-refractivity contribution in [1.82, 2.24) is 15.6 Å². The molecule has 1 aromatic rings. The van der Waals surface area contributed by atoms with Crippen molar-refractivity contribution in [2.24, 2.45) is 10.9 Å². The Balaban J connectivity index is 1.82. The van der Waals surface area contributed by atoms with Crippen molar-refractivity contribution >= 4 is 5.96 Å². The summed E-state index contributed by atoms with van der Waals surface area (Å²) >= 11 is 0. The largest absolute Gasteiger partial charge is 0.481 e. The van der Waals surface area contributed by atoms with Crippen molar-refractivity contribution in [1.29, 1.82) is 0 Å². The second kappa shape index (κ2) is 7.86. The van der Waals surface area contributed by atoms with Gasteiger partial charge in [-0.2, -0.15) is 0 Å². The van der Waals surface area contributed by atoms with Gasteiger partial charge in [-0.05, 0) is 43.2 Å². The number of hydrogen-bond acceptors (Lipinski definition) is 3. The van der Waals surface area contributed by atoms with Gasteiger partial charge in [0, 0.05) is 31.9 Å². The van der Waals surface area contributed by atoms with Gasteiger partial charge in [0.25, 0.3) is 0 Å². The molecule has 5 nitrogen and oxygen atoms in total. The molecule has 0 spiro atoms. The van der Waals surface area contributed by atoms with Crippen LogP contribution in [0.1, 0.15) is 38.2 Å². The molecule has 0 unspecified atom stereocenters. The van der Waals surface area contributed by atoms with Crippen LogP contribution in [0.25, 0.3) is 0 Å². The van der Waals surface area contributed by atoms with Gasteiger partial charge in [-0.1, -0.05) is 6.92 Å². The highest BCUT2D eigenvalue weighted by Crippen LogP contribution is 2.23. The van der Waals surface area contributed by atoms with Gasteiger partial charge in [-0.15, -0.1) is 0 Å². The molecule has 2 rings (SSSR count). The van der Waals surface area contributed by atoms with Crippen molar-refractivity contribution in [2.75, 3.05) is 14.2 Å². The van der Waals surface area contributed by atoms with Crippen LogP contribution in [-0.2, 0) is 6.54 Å². The number of aromatic nitrogens is 1. The molecule has 5 heteroatoms. The fraction of sp³-hybridized carbons (Fsp3) is 0.625. The van der Waals surface area contributed by atoms with Crippen LogP contribution in [0, 0.1) is 5.92 Å². The van der Waals surface area contributed by atoms with Crippen LogP contribution in [0.5, 0.6) is 5.88 Å². The Bertz CT molecular complexity index is 467. The second-order valence-corrected chi connectivity index (χ2v) is 5.73. The third-order valence-electron chi connectivity index (χ3n) is 4.05. The predicted octanol–water partition coefficient (Wildman–Crippen LogP) is 2.33. The molecule has 1 fully saturated rings. The lowest BCUT2D eigenvalue weighted by Gasteiger charge is -2.28. The maximum absolute atomic E-state index is 5.13. The Morgan fingerprint density at radius 1 is 1.38 bits per heavy atom. The molecule has 0 radical (unpaired) electrons. The van der Waals surface area contributed by atoms with E-state index in [1.54, 1.807) is 13.3 Å². The van der Waals surface area contributed by atoms with Gasteiger partial charge in [0.15, 0.2) is 5.96 Å². The molecule has 0 atom stereocenters. The van der Waals surface area contributed by atoms with E-state index in [2.05, 4.69) is 27.5 Å². The number of aliphatic imine (C=N–C) groups is 1. The molecule has 0 bridgehead atoms. The van der Waals surface area contributed by atoms with E-state index in [0.717, 1.165) is 17.4 Å². The molecule has 1 aliphatic rings. The number of hydrogen-bond donors (Lipinski definition) is 2. The van der Waals surface area contributed by atoms with Crippen LogP contribution in [0.3, 0.4) is 0 Å². The second-order valence-electron chi connectivity index (χ2n) is 5.73. The molecule has 116 valence electrons. The Morgan fingerprint density at radius 2 is 2.14 bits per heavy atom. The first-order valence-electron chi connectivity index (χ1n) is 7.67. The fourth-order valence-corrected chi connectivity index (χ4v) is 2.65. The Kier molecular flexibility index (Phi) is 5.84. The third kappa shape index (κ3) is 4.92. The number of pyridine rings is 1. The molecule has 1 saturated carbocycles. The summed E-state index contributed by atoms with van der Waals surface area (Å²) in [6.45, 7) is 3.04. The summed E-state index contributed by atoms with van der Waals surface area (Å²) in [5, 5.41) is 6.87. The summed E-state index contributed by atoms with van der Waals surface area (Å²) in [6, 6.07) is 4.45. The highest BCUT2D eigenvalue weighted by atomic mass is 16.5. The van der Waals surface area contributed by atoms with Crippen LogP contribution < -0.4 is 15.4 Å². The van der Waals surface area contributed by atoms with Gasteiger partial charge in [0.2, 0.25) is 5.88 Å². The first-order chi connectivity index (χ1) is 10.2. The van der Waals surface area contributed by atoms with Gasteiger partial charge >= 0.3 is 0 Å². The van der Waals surface area contributed by atoms with Crippen molar-refractivity contribution in [2.45, 2.75) is 45.2 Å². The minimum atomic E-state index is 0.541. The van der Waals surface area contributed by atoms with Crippen molar-refractivity contribution < 1.29 is 4.74 Å².